The predicted molar refractivity (Wildman–Crippen MR) is 67.6 cm³/mol. The Morgan fingerprint density at radius 3 is 2.67 bits per heavy atom. The van der Waals surface area contributed by atoms with Crippen molar-refractivity contribution in [2.45, 2.75) is 20.3 Å². The Bertz CT molecular complexity index is 602. The highest BCUT2D eigenvalue weighted by atomic mass is 35.5. The second kappa shape index (κ2) is 4.94. The van der Waals surface area contributed by atoms with Crippen molar-refractivity contribution in [1.82, 2.24) is 0 Å². The zero-order valence-electron chi connectivity index (χ0n) is 10.1. The molecule has 4 heteroatoms. The van der Waals surface area contributed by atoms with E-state index in [1.54, 1.807) is 19.9 Å². The Kier molecular flexibility index (Phi) is 3.53. The molecule has 1 aromatic carbocycles. The van der Waals surface area contributed by atoms with Gasteiger partial charge in [0.15, 0.2) is 5.78 Å². The topological polar surface area (TPSA) is 30.2 Å². The zero-order valence-corrected chi connectivity index (χ0v) is 10.8. The van der Waals surface area contributed by atoms with Crippen molar-refractivity contribution in [3.05, 3.63) is 57.8 Å². The molecule has 0 aliphatic heterocycles. The molecule has 0 unspecified atom stereocenters. The van der Waals surface area contributed by atoms with Gasteiger partial charge in [-0.1, -0.05) is 11.6 Å². The fourth-order valence-electron chi connectivity index (χ4n) is 1.85. The van der Waals surface area contributed by atoms with E-state index in [0.29, 0.717) is 27.7 Å². The van der Waals surface area contributed by atoms with Crippen LogP contribution < -0.4 is 0 Å². The van der Waals surface area contributed by atoms with Gasteiger partial charge < -0.3 is 4.42 Å². The molecular weight excluding hydrogens is 255 g/mol. The monoisotopic (exact) mass is 266 g/mol. The normalized spacial score (nSPS) is 10.7. The quantitative estimate of drug-likeness (QED) is 0.783. The Morgan fingerprint density at radius 2 is 2.06 bits per heavy atom. The molecule has 0 N–H and O–H groups in total. The molecule has 0 atom stereocenters. The SMILES string of the molecule is Cc1cc(C(=O)Cc2cc(F)ccc2Cl)c(C)o1. The molecule has 1 aromatic heterocycles. The number of rotatable bonds is 3. The van der Waals surface area contributed by atoms with Crippen LogP contribution in [-0.4, -0.2) is 5.78 Å². The zero-order chi connectivity index (χ0) is 13.3. The first kappa shape index (κ1) is 12.8. The van der Waals surface area contributed by atoms with Crippen molar-refractivity contribution in [3.8, 4) is 0 Å². The number of Topliss-reactive ketones (excluding diaryl/α,β-unsaturated/α-hetero) is 1. The molecule has 0 radical (unpaired) electrons. The van der Waals surface area contributed by atoms with Gasteiger partial charge in [0.2, 0.25) is 0 Å². The van der Waals surface area contributed by atoms with Crippen molar-refractivity contribution >= 4 is 17.4 Å². The molecule has 0 aliphatic rings. The van der Waals surface area contributed by atoms with Crippen molar-refractivity contribution in [3.63, 3.8) is 0 Å². The Hall–Kier alpha value is -1.61. The number of carbonyl (C=O) groups excluding carboxylic acids is 1. The standard InChI is InChI=1S/C14H12ClFO2/c1-8-5-12(9(2)18-8)14(17)7-10-6-11(16)3-4-13(10)15/h3-6H,7H2,1-2H3. The number of ketones is 1. The lowest BCUT2D eigenvalue weighted by atomic mass is 10.0. The molecule has 0 aliphatic carbocycles. The Morgan fingerprint density at radius 1 is 1.33 bits per heavy atom. The fraction of sp³-hybridized carbons (Fsp3) is 0.214. The number of aryl methyl sites for hydroxylation is 2. The number of furan rings is 1. The molecule has 0 saturated heterocycles. The molecule has 2 rings (SSSR count). The molecule has 2 nitrogen and oxygen atoms in total. The molecule has 0 bridgehead atoms. The van der Waals surface area contributed by atoms with E-state index in [4.69, 9.17) is 16.0 Å². The third-order valence-electron chi connectivity index (χ3n) is 2.70. The van der Waals surface area contributed by atoms with E-state index < -0.39 is 5.82 Å². The minimum Gasteiger partial charge on any atom is -0.466 e. The van der Waals surface area contributed by atoms with Gasteiger partial charge in [-0.15, -0.1) is 0 Å². The van der Waals surface area contributed by atoms with E-state index in [-0.39, 0.29) is 12.2 Å². The summed E-state index contributed by atoms with van der Waals surface area (Å²) in [5.41, 5.74) is 1.01. The number of benzene rings is 1. The maximum absolute atomic E-state index is 13.1. The minimum atomic E-state index is -0.401. The smallest absolute Gasteiger partial charge is 0.170 e. The highest BCUT2D eigenvalue weighted by Gasteiger charge is 2.15. The van der Waals surface area contributed by atoms with Crippen LogP contribution in [0, 0.1) is 19.7 Å². The third kappa shape index (κ3) is 2.62. The summed E-state index contributed by atoms with van der Waals surface area (Å²) in [6.07, 6.45) is 0.0659. The number of halogens is 2. The van der Waals surface area contributed by atoms with Crippen LogP contribution >= 0.6 is 11.6 Å². The van der Waals surface area contributed by atoms with Gasteiger partial charge >= 0.3 is 0 Å². The van der Waals surface area contributed by atoms with Gasteiger partial charge in [0.25, 0.3) is 0 Å². The first-order chi connectivity index (χ1) is 8.47. The van der Waals surface area contributed by atoms with Gasteiger partial charge in [0, 0.05) is 11.4 Å². The average molecular weight is 267 g/mol. The van der Waals surface area contributed by atoms with Crippen LogP contribution in [0.25, 0.3) is 0 Å². The lowest BCUT2D eigenvalue weighted by Crippen LogP contribution is -2.04. The predicted octanol–water partition coefficient (Wildman–Crippen LogP) is 4.11. The third-order valence-corrected chi connectivity index (χ3v) is 3.07. The summed E-state index contributed by atoms with van der Waals surface area (Å²) in [6, 6.07) is 5.68. The fourth-order valence-corrected chi connectivity index (χ4v) is 2.04. The number of hydrogen-bond acceptors (Lipinski definition) is 2. The van der Waals surface area contributed by atoms with Crippen LogP contribution in [0.4, 0.5) is 4.39 Å². The summed E-state index contributed by atoms with van der Waals surface area (Å²) in [7, 11) is 0. The first-order valence-corrected chi connectivity index (χ1v) is 5.89. The van der Waals surface area contributed by atoms with Crippen LogP contribution in [0.1, 0.15) is 27.4 Å². The van der Waals surface area contributed by atoms with Gasteiger partial charge in [-0.25, -0.2) is 4.39 Å². The van der Waals surface area contributed by atoms with Crippen LogP contribution in [0.3, 0.4) is 0 Å². The second-order valence-electron chi connectivity index (χ2n) is 4.16. The van der Waals surface area contributed by atoms with E-state index in [1.807, 2.05) is 0 Å². The van der Waals surface area contributed by atoms with E-state index >= 15 is 0 Å². The molecule has 1 heterocycles. The first-order valence-electron chi connectivity index (χ1n) is 5.51. The van der Waals surface area contributed by atoms with Crippen LogP contribution in [0.15, 0.2) is 28.7 Å². The van der Waals surface area contributed by atoms with Gasteiger partial charge in [-0.2, -0.15) is 0 Å². The summed E-state index contributed by atoms with van der Waals surface area (Å²) in [4.78, 5) is 12.1. The summed E-state index contributed by atoms with van der Waals surface area (Å²) in [5, 5.41) is 0.391. The van der Waals surface area contributed by atoms with Crippen molar-refractivity contribution in [2.24, 2.45) is 0 Å². The molecular formula is C14H12ClFO2. The largest absolute Gasteiger partial charge is 0.466 e. The van der Waals surface area contributed by atoms with Crippen LogP contribution in [0.5, 0.6) is 0 Å². The van der Waals surface area contributed by atoms with Crippen LogP contribution in [-0.2, 0) is 6.42 Å². The molecule has 0 spiro atoms. The average Bonchev–Trinajstić information content (AvgIpc) is 2.63. The van der Waals surface area contributed by atoms with Gasteiger partial charge in [-0.3, -0.25) is 4.79 Å². The number of carbonyl (C=O) groups is 1. The number of hydrogen-bond donors (Lipinski definition) is 0. The van der Waals surface area contributed by atoms with Crippen LogP contribution in [0.2, 0.25) is 5.02 Å². The summed E-state index contributed by atoms with van der Waals surface area (Å²) in [6.45, 7) is 3.51. The molecule has 0 saturated carbocycles. The highest BCUT2D eigenvalue weighted by molar-refractivity contribution is 6.31. The summed E-state index contributed by atoms with van der Waals surface area (Å²) in [5.74, 6) is 0.727. The molecule has 0 amide bonds. The maximum Gasteiger partial charge on any atom is 0.170 e. The van der Waals surface area contributed by atoms with E-state index in [9.17, 15) is 9.18 Å². The molecule has 94 valence electrons. The Balaban J connectivity index is 2.26. The van der Waals surface area contributed by atoms with Crippen molar-refractivity contribution in [2.75, 3.05) is 0 Å². The molecule has 0 fully saturated rings. The molecule has 2 aromatic rings. The van der Waals surface area contributed by atoms with E-state index in [1.165, 1.54) is 18.2 Å². The van der Waals surface area contributed by atoms with Crippen molar-refractivity contribution in [1.29, 1.82) is 0 Å². The molecule has 18 heavy (non-hydrogen) atoms. The lowest BCUT2D eigenvalue weighted by Gasteiger charge is -2.03. The van der Waals surface area contributed by atoms with Gasteiger partial charge in [-0.05, 0) is 43.7 Å². The van der Waals surface area contributed by atoms with Gasteiger partial charge in [0.05, 0.1) is 5.56 Å². The van der Waals surface area contributed by atoms with E-state index in [2.05, 4.69) is 0 Å². The summed E-state index contributed by atoms with van der Waals surface area (Å²) < 4.78 is 18.4. The second-order valence-corrected chi connectivity index (χ2v) is 4.57. The lowest BCUT2D eigenvalue weighted by molar-refractivity contribution is 0.0991. The van der Waals surface area contributed by atoms with E-state index in [0.717, 1.165) is 0 Å². The summed E-state index contributed by atoms with van der Waals surface area (Å²) >= 11 is 5.93. The minimum absolute atomic E-state index is 0.0659. The maximum atomic E-state index is 13.1. The highest BCUT2D eigenvalue weighted by Crippen LogP contribution is 2.21. The van der Waals surface area contributed by atoms with Gasteiger partial charge in [0.1, 0.15) is 17.3 Å². The van der Waals surface area contributed by atoms with Crippen molar-refractivity contribution < 1.29 is 13.6 Å². The Labute approximate surface area is 109 Å².